The lowest BCUT2D eigenvalue weighted by atomic mass is 9.86. The maximum atomic E-state index is 13.2. The highest BCUT2D eigenvalue weighted by molar-refractivity contribution is 7.07. The van der Waals surface area contributed by atoms with E-state index in [4.69, 9.17) is 4.74 Å². The quantitative estimate of drug-likeness (QED) is 0.475. The van der Waals surface area contributed by atoms with Crippen LogP contribution in [0.5, 0.6) is 0 Å². The summed E-state index contributed by atoms with van der Waals surface area (Å²) in [7, 11) is 0. The molecule has 1 aliphatic rings. The molecule has 1 fully saturated rings. The van der Waals surface area contributed by atoms with Gasteiger partial charge in [-0.2, -0.15) is 4.99 Å². The number of morpholine rings is 1. The molecule has 3 aromatic rings. The van der Waals surface area contributed by atoms with Crippen molar-refractivity contribution in [2.24, 2.45) is 4.99 Å². The topological polar surface area (TPSA) is 88.8 Å². The second-order valence-corrected chi connectivity index (χ2v) is 11.0. The summed E-state index contributed by atoms with van der Waals surface area (Å²) in [6, 6.07) is 12.2. The number of nitrogens with one attached hydrogen (secondary N) is 1. The normalized spacial score (nSPS) is 14.6. The summed E-state index contributed by atoms with van der Waals surface area (Å²) in [6.07, 6.45) is 2.38. The SMILES string of the molecule is CC(=O)NCCCn1c(-c2ccc(C(C)(C)C)cc2)csc1=NC(=O)c1cc(N2CCOCC2)ccn1. The Morgan fingerprint density at radius 1 is 1.14 bits per heavy atom. The molecule has 4 rings (SSSR count). The smallest absolute Gasteiger partial charge is 0.298 e. The molecule has 1 aliphatic heterocycles. The highest BCUT2D eigenvalue weighted by Crippen LogP contribution is 2.27. The standard InChI is InChI=1S/C28H35N5O3S/c1-20(34)29-11-5-13-33-25(21-6-8-22(9-7-21)28(2,3)4)19-37-27(33)31-26(35)24-18-23(10-12-30-24)32-14-16-36-17-15-32/h6-10,12,18-19H,5,11,13-17H2,1-4H3,(H,29,34). The maximum Gasteiger partial charge on any atom is 0.298 e. The third-order valence-electron chi connectivity index (χ3n) is 6.31. The van der Waals surface area contributed by atoms with E-state index in [9.17, 15) is 9.59 Å². The van der Waals surface area contributed by atoms with E-state index in [1.165, 1.54) is 23.8 Å². The van der Waals surface area contributed by atoms with Gasteiger partial charge in [-0.1, -0.05) is 45.0 Å². The molecule has 1 N–H and O–H groups in total. The molecule has 0 aliphatic carbocycles. The summed E-state index contributed by atoms with van der Waals surface area (Å²) in [5.74, 6) is -0.429. The van der Waals surface area contributed by atoms with Crippen molar-refractivity contribution in [1.29, 1.82) is 0 Å². The molecule has 1 saturated heterocycles. The van der Waals surface area contributed by atoms with Crippen molar-refractivity contribution in [3.63, 3.8) is 0 Å². The molecule has 0 bridgehead atoms. The lowest BCUT2D eigenvalue weighted by Gasteiger charge is -2.28. The largest absolute Gasteiger partial charge is 0.378 e. The molecule has 0 radical (unpaired) electrons. The van der Waals surface area contributed by atoms with Crippen LogP contribution in [0, 0.1) is 0 Å². The van der Waals surface area contributed by atoms with Crippen LogP contribution < -0.4 is 15.0 Å². The summed E-state index contributed by atoms with van der Waals surface area (Å²) in [5, 5.41) is 4.88. The Bertz CT molecular complexity index is 1300. The molecule has 0 spiro atoms. The number of carbonyl (C=O) groups is 2. The van der Waals surface area contributed by atoms with Gasteiger partial charge in [0.15, 0.2) is 4.80 Å². The van der Waals surface area contributed by atoms with Gasteiger partial charge in [-0.3, -0.25) is 14.6 Å². The predicted octanol–water partition coefficient (Wildman–Crippen LogP) is 4.01. The number of hydrogen-bond acceptors (Lipinski definition) is 6. The van der Waals surface area contributed by atoms with Crippen LogP contribution in [0.1, 0.15) is 50.2 Å². The van der Waals surface area contributed by atoms with Crippen molar-refractivity contribution in [1.82, 2.24) is 14.9 Å². The van der Waals surface area contributed by atoms with E-state index >= 15 is 0 Å². The zero-order valence-corrected chi connectivity index (χ0v) is 22.8. The lowest BCUT2D eigenvalue weighted by molar-refractivity contribution is -0.118. The van der Waals surface area contributed by atoms with Crippen molar-refractivity contribution in [3.8, 4) is 11.3 Å². The number of hydrogen-bond donors (Lipinski definition) is 1. The molecule has 2 aromatic heterocycles. The number of aromatic nitrogens is 2. The molecule has 8 nitrogen and oxygen atoms in total. The fourth-order valence-electron chi connectivity index (χ4n) is 4.21. The van der Waals surface area contributed by atoms with Gasteiger partial charge in [-0.25, -0.2) is 0 Å². The zero-order chi connectivity index (χ0) is 26.4. The Morgan fingerprint density at radius 2 is 1.86 bits per heavy atom. The van der Waals surface area contributed by atoms with Crippen LogP contribution >= 0.6 is 11.3 Å². The number of ether oxygens (including phenoxy) is 1. The highest BCUT2D eigenvalue weighted by atomic mass is 32.1. The van der Waals surface area contributed by atoms with Gasteiger partial charge in [-0.05, 0) is 35.1 Å². The van der Waals surface area contributed by atoms with Crippen LogP contribution in [-0.4, -0.2) is 54.2 Å². The van der Waals surface area contributed by atoms with Gasteiger partial charge in [0, 0.05) is 50.4 Å². The first-order chi connectivity index (χ1) is 17.7. The number of anilines is 1. The minimum Gasteiger partial charge on any atom is -0.378 e. The van der Waals surface area contributed by atoms with Gasteiger partial charge in [0.2, 0.25) is 5.91 Å². The molecule has 37 heavy (non-hydrogen) atoms. The summed E-state index contributed by atoms with van der Waals surface area (Å²) >= 11 is 1.43. The van der Waals surface area contributed by atoms with Crippen LogP contribution in [0.2, 0.25) is 0 Å². The zero-order valence-electron chi connectivity index (χ0n) is 22.0. The van der Waals surface area contributed by atoms with Crippen LogP contribution in [0.4, 0.5) is 5.69 Å². The second-order valence-electron chi connectivity index (χ2n) is 10.1. The number of thiazole rings is 1. The van der Waals surface area contributed by atoms with Crippen molar-refractivity contribution in [2.45, 2.75) is 46.1 Å². The van der Waals surface area contributed by atoms with Crippen LogP contribution in [-0.2, 0) is 21.5 Å². The molecule has 9 heteroatoms. The number of rotatable bonds is 7. The van der Waals surface area contributed by atoms with E-state index in [2.05, 4.69) is 69.8 Å². The van der Waals surface area contributed by atoms with Gasteiger partial charge in [-0.15, -0.1) is 11.3 Å². The minimum absolute atomic E-state index is 0.0559. The lowest BCUT2D eigenvalue weighted by Crippen LogP contribution is -2.36. The third-order valence-corrected chi connectivity index (χ3v) is 7.18. The van der Waals surface area contributed by atoms with Crippen molar-refractivity contribution in [3.05, 3.63) is 64.0 Å². The predicted molar refractivity (Wildman–Crippen MR) is 147 cm³/mol. The molecular formula is C28H35N5O3S. The molecular weight excluding hydrogens is 486 g/mol. The summed E-state index contributed by atoms with van der Waals surface area (Å²) in [5.41, 5.74) is 4.65. The van der Waals surface area contributed by atoms with Crippen LogP contribution in [0.25, 0.3) is 11.3 Å². The monoisotopic (exact) mass is 521 g/mol. The molecule has 1 aromatic carbocycles. The molecule has 0 atom stereocenters. The summed E-state index contributed by atoms with van der Waals surface area (Å²) in [6.45, 7) is 12.2. The minimum atomic E-state index is -0.373. The summed E-state index contributed by atoms with van der Waals surface area (Å²) < 4.78 is 7.50. The van der Waals surface area contributed by atoms with E-state index in [-0.39, 0.29) is 17.2 Å². The van der Waals surface area contributed by atoms with Crippen LogP contribution in [0.15, 0.2) is 53.0 Å². The molecule has 2 amide bonds. The Balaban J connectivity index is 1.64. The van der Waals surface area contributed by atoms with Gasteiger partial charge in [0.1, 0.15) is 5.69 Å². The van der Waals surface area contributed by atoms with Gasteiger partial charge < -0.3 is 19.5 Å². The van der Waals surface area contributed by atoms with Crippen molar-refractivity contribution in [2.75, 3.05) is 37.7 Å². The maximum absolute atomic E-state index is 13.2. The molecule has 3 heterocycles. The Labute approximate surface area is 222 Å². The van der Waals surface area contributed by atoms with Gasteiger partial charge in [0.25, 0.3) is 5.91 Å². The molecule has 196 valence electrons. The highest BCUT2D eigenvalue weighted by Gasteiger charge is 2.17. The first-order valence-electron chi connectivity index (χ1n) is 12.6. The van der Waals surface area contributed by atoms with E-state index in [0.29, 0.717) is 36.8 Å². The number of pyridine rings is 1. The average Bonchev–Trinajstić information content (AvgIpc) is 3.28. The van der Waals surface area contributed by atoms with E-state index in [1.54, 1.807) is 12.3 Å². The number of benzene rings is 1. The molecule has 0 saturated carbocycles. The Kier molecular flexibility index (Phi) is 8.56. The average molecular weight is 522 g/mol. The fourth-order valence-corrected chi connectivity index (χ4v) is 5.14. The Morgan fingerprint density at radius 3 is 2.54 bits per heavy atom. The number of carbonyl (C=O) groups excluding carboxylic acids is 2. The number of amides is 2. The van der Waals surface area contributed by atoms with Crippen LogP contribution in [0.3, 0.4) is 0 Å². The van der Waals surface area contributed by atoms with Crippen molar-refractivity contribution < 1.29 is 14.3 Å². The summed E-state index contributed by atoms with van der Waals surface area (Å²) in [4.78, 5) is 36.1. The third kappa shape index (κ3) is 6.93. The first kappa shape index (κ1) is 26.8. The van der Waals surface area contributed by atoms with Gasteiger partial charge >= 0.3 is 0 Å². The van der Waals surface area contributed by atoms with Crippen molar-refractivity contribution >= 4 is 28.8 Å². The first-order valence-corrected chi connectivity index (χ1v) is 13.5. The van der Waals surface area contributed by atoms with E-state index < -0.39 is 0 Å². The Hall–Kier alpha value is -3.30. The van der Waals surface area contributed by atoms with Gasteiger partial charge in [0.05, 0.1) is 18.9 Å². The number of nitrogens with zero attached hydrogens (tertiary/aromatic N) is 4. The molecule has 0 unspecified atom stereocenters. The van der Waals surface area contributed by atoms with E-state index in [1.807, 2.05) is 11.4 Å². The van der Waals surface area contributed by atoms with E-state index in [0.717, 1.165) is 36.5 Å². The second kappa shape index (κ2) is 11.8. The fraction of sp³-hybridized carbons (Fsp3) is 0.429.